The van der Waals surface area contributed by atoms with E-state index in [1.807, 2.05) is 0 Å². The number of hydrogen-bond acceptors (Lipinski definition) is 3. The highest BCUT2D eigenvalue weighted by molar-refractivity contribution is 4.81. The molecule has 1 fully saturated rings. The van der Waals surface area contributed by atoms with Crippen molar-refractivity contribution in [2.45, 2.75) is 32.2 Å². The van der Waals surface area contributed by atoms with Crippen LogP contribution in [0, 0.1) is 0 Å². The number of nitrogens with two attached hydrogens (primary N) is 1. The predicted octanol–water partition coefficient (Wildman–Crippen LogP) is 0.751. The summed E-state index contributed by atoms with van der Waals surface area (Å²) >= 11 is 0. The van der Waals surface area contributed by atoms with Crippen molar-refractivity contribution in [1.82, 2.24) is 9.80 Å². The molecule has 1 heterocycles. The Morgan fingerprint density at radius 3 is 2.93 bits per heavy atom. The summed E-state index contributed by atoms with van der Waals surface area (Å²) in [5.41, 5.74) is 5.56. The number of likely N-dealkylation sites (N-methyl/N-ethyl adjacent to an activating group) is 1. The molecule has 0 aromatic heterocycles. The van der Waals surface area contributed by atoms with E-state index in [4.69, 9.17) is 5.73 Å². The fourth-order valence-electron chi connectivity index (χ4n) is 2.14. The normalized spacial score (nSPS) is 23.6. The van der Waals surface area contributed by atoms with Crippen LogP contribution in [-0.4, -0.2) is 55.6 Å². The number of unbranched alkanes of at least 4 members (excludes halogenated alkanes) is 1. The van der Waals surface area contributed by atoms with Crippen molar-refractivity contribution in [3.8, 4) is 0 Å². The van der Waals surface area contributed by atoms with Crippen molar-refractivity contribution in [3.05, 3.63) is 0 Å². The van der Waals surface area contributed by atoms with Crippen LogP contribution in [0.1, 0.15) is 26.2 Å². The zero-order valence-corrected chi connectivity index (χ0v) is 9.71. The summed E-state index contributed by atoms with van der Waals surface area (Å²) in [5.74, 6) is 0. The molecule has 0 spiro atoms. The smallest absolute Gasteiger partial charge is 0.0232 e. The Balaban J connectivity index is 2.19. The molecular formula is C11H25N3. The van der Waals surface area contributed by atoms with Crippen molar-refractivity contribution in [2.75, 3.05) is 39.8 Å². The molecule has 1 atom stereocenters. The van der Waals surface area contributed by atoms with Crippen LogP contribution in [0.5, 0.6) is 0 Å². The molecule has 0 radical (unpaired) electrons. The first-order valence-corrected chi connectivity index (χ1v) is 5.90. The number of nitrogens with zero attached hydrogens (tertiary/aromatic N) is 2. The van der Waals surface area contributed by atoms with Crippen LogP contribution in [0.15, 0.2) is 0 Å². The molecule has 0 aromatic carbocycles. The summed E-state index contributed by atoms with van der Waals surface area (Å²) in [7, 11) is 2.20. The lowest BCUT2D eigenvalue weighted by Crippen LogP contribution is -2.37. The maximum atomic E-state index is 5.56. The molecule has 0 amide bonds. The molecule has 1 unspecified atom stereocenters. The summed E-state index contributed by atoms with van der Waals surface area (Å²) in [4.78, 5) is 4.99. The molecule has 3 nitrogen and oxygen atoms in total. The summed E-state index contributed by atoms with van der Waals surface area (Å²) in [6.45, 7) is 7.88. The predicted molar refractivity (Wildman–Crippen MR) is 61.4 cm³/mol. The van der Waals surface area contributed by atoms with Crippen LogP contribution in [0.25, 0.3) is 0 Å². The van der Waals surface area contributed by atoms with Crippen molar-refractivity contribution in [3.63, 3.8) is 0 Å². The lowest BCUT2D eigenvalue weighted by molar-refractivity contribution is 0.236. The maximum absolute atomic E-state index is 5.56. The summed E-state index contributed by atoms with van der Waals surface area (Å²) in [6.07, 6.45) is 3.97. The van der Waals surface area contributed by atoms with E-state index in [9.17, 15) is 0 Å². The fraction of sp³-hybridized carbons (Fsp3) is 1.00. The SMILES string of the molecule is CCCCN1CCC(N(C)CCN)C1. The van der Waals surface area contributed by atoms with Gasteiger partial charge in [0.25, 0.3) is 0 Å². The van der Waals surface area contributed by atoms with Gasteiger partial charge in [0.2, 0.25) is 0 Å². The molecule has 0 bridgehead atoms. The van der Waals surface area contributed by atoms with E-state index in [-0.39, 0.29) is 0 Å². The number of likely N-dealkylation sites (tertiary alicyclic amines) is 1. The van der Waals surface area contributed by atoms with E-state index in [1.165, 1.54) is 38.9 Å². The Kier molecular flexibility index (Phi) is 5.45. The molecule has 84 valence electrons. The molecule has 1 saturated heterocycles. The van der Waals surface area contributed by atoms with Gasteiger partial charge >= 0.3 is 0 Å². The zero-order valence-electron chi connectivity index (χ0n) is 9.71. The topological polar surface area (TPSA) is 32.5 Å². The summed E-state index contributed by atoms with van der Waals surface area (Å²) < 4.78 is 0. The van der Waals surface area contributed by atoms with Gasteiger partial charge in [0, 0.05) is 25.7 Å². The number of rotatable bonds is 6. The Hall–Kier alpha value is -0.120. The average molecular weight is 199 g/mol. The van der Waals surface area contributed by atoms with Gasteiger partial charge in [-0.3, -0.25) is 0 Å². The minimum Gasteiger partial charge on any atom is -0.329 e. The minimum absolute atomic E-state index is 0.746. The molecular weight excluding hydrogens is 174 g/mol. The molecule has 3 heteroatoms. The van der Waals surface area contributed by atoms with Crippen LogP contribution < -0.4 is 5.73 Å². The van der Waals surface area contributed by atoms with E-state index in [0.29, 0.717) is 0 Å². The van der Waals surface area contributed by atoms with Crippen molar-refractivity contribution < 1.29 is 0 Å². The molecule has 14 heavy (non-hydrogen) atoms. The largest absolute Gasteiger partial charge is 0.329 e. The van der Waals surface area contributed by atoms with Crippen LogP contribution >= 0.6 is 0 Å². The first-order valence-electron chi connectivity index (χ1n) is 5.90. The quantitative estimate of drug-likeness (QED) is 0.685. The molecule has 1 aliphatic rings. The van der Waals surface area contributed by atoms with Gasteiger partial charge in [-0.15, -0.1) is 0 Å². The van der Waals surface area contributed by atoms with Crippen molar-refractivity contribution in [2.24, 2.45) is 5.73 Å². The lowest BCUT2D eigenvalue weighted by Gasteiger charge is -2.23. The van der Waals surface area contributed by atoms with Gasteiger partial charge in [0.05, 0.1) is 0 Å². The highest BCUT2D eigenvalue weighted by atomic mass is 15.2. The van der Waals surface area contributed by atoms with Gasteiger partial charge in [-0.25, -0.2) is 0 Å². The molecule has 1 aliphatic heterocycles. The van der Waals surface area contributed by atoms with Gasteiger partial charge in [0.1, 0.15) is 0 Å². The van der Waals surface area contributed by atoms with Gasteiger partial charge in [-0.2, -0.15) is 0 Å². The third-order valence-electron chi connectivity index (χ3n) is 3.18. The standard InChI is InChI=1S/C11H25N3/c1-3-4-7-14-8-5-11(10-14)13(2)9-6-12/h11H,3-10,12H2,1-2H3. The highest BCUT2D eigenvalue weighted by Crippen LogP contribution is 2.14. The van der Waals surface area contributed by atoms with Crippen LogP contribution in [0.2, 0.25) is 0 Å². The summed E-state index contributed by atoms with van der Waals surface area (Å²) in [6, 6.07) is 0.746. The van der Waals surface area contributed by atoms with E-state index in [2.05, 4.69) is 23.8 Å². The molecule has 0 aromatic rings. The minimum atomic E-state index is 0.746. The average Bonchev–Trinajstić information content (AvgIpc) is 2.63. The third-order valence-corrected chi connectivity index (χ3v) is 3.18. The van der Waals surface area contributed by atoms with Gasteiger partial charge in [-0.1, -0.05) is 13.3 Å². The van der Waals surface area contributed by atoms with Crippen molar-refractivity contribution >= 4 is 0 Å². The first kappa shape index (κ1) is 12.0. The monoisotopic (exact) mass is 199 g/mol. The first-order chi connectivity index (χ1) is 6.77. The van der Waals surface area contributed by atoms with E-state index < -0.39 is 0 Å². The van der Waals surface area contributed by atoms with Crippen LogP contribution in [0.4, 0.5) is 0 Å². The second-order valence-electron chi connectivity index (χ2n) is 4.37. The van der Waals surface area contributed by atoms with Crippen molar-refractivity contribution in [1.29, 1.82) is 0 Å². The third kappa shape index (κ3) is 3.56. The fourth-order valence-corrected chi connectivity index (χ4v) is 2.14. The van der Waals surface area contributed by atoms with Gasteiger partial charge < -0.3 is 15.5 Å². The number of hydrogen-bond donors (Lipinski definition) is 1. The lowest BCUT2D eigenvalue weighted by atomic mass is 10.2. The molecule has 0 aliphatic carbocycles. The molecule has 0 saturated carbocycles. The van der Waals surface area contributed by atoms with Crippen LogP contribution in [-0.2, 0) is 0 Å². The second kappa shape index (κ2) is 6.38. The Bertz CT molecular complexity index is 149. The van der Waals surface area contributed by atoms with E-state index in [1.54, 1.807) is 0 Å². The Morgan fingerprint density at radius 1 is 1.50 bits per heavy atom. The van der Waals surface area contributed by atoms with Gasteiger partial charge in [-0.05, 0) is 33.0 Å². The Labute approximate surface area is 88.2 Å². The highest BCUT2D eigenvalue weighted by Gasteiger charge is 2.24. The molecule has 1 rings (SSSR count). The second-order valence-corrected chi connectivity index (χ2v) is 4.37. The maximum Gasteiger partial charge on any atom is 0.0232 e. The van der Waals surface area contributed by atoms with E-state index in [0.717, 1.165) is 19.1 Å². The van der Waals surface area contributed by atoms with E-state index >= 15 is 0 Å². The zero-order chi connectivity index (χ0) is 10.4. The Morgan fingerprint density at radius 2 is 2.29 bits per heavy atom. The molecule has 2 N–H and O–H groups in total. The summed E-state index contributed by atoms with van der Waals surface area (Å²) in [5, 5.41) is 0. The van der Waals surface area contributed by atoms with Gasteiger partial charge in [0.15, 0.2) is 0 Å². The van der Waals surface area contributed by atoms with Crippen LogP contribution in [0.3, 0.4) is 0 Å².